The number of amides is 1. The molecule has 32 heavy (non-hydrogen) atoms. The molecule has 1 N–H and O–H groups in total. The number of carbonyl (C=O) groups excluding carboxylic acids is 2. The lowest BCUT2D eigenvalue weighted by Crippen LogP contribution is -2.57. The molecule has 2 atom stereocenters. The van der Waals surface area contributed by atoms with Crippen LogP contribution in [0.3, 0.4) is 0 Å². The molecule has 2 aliphatic rings. The number of anilines is 1. The molecular weight excluding hydrogens is 451 g/mol. The molecule has 0 bridgehead atoms. The van der Waals surface area contributed by atoms with Crippen LogP contribution in [0.4, 0.5) is 5.69 Å². The standard InChI is InChI=1S/C23H24Cl2N4O3/c1-2-32-22(31)19-20(15-3-5-16(24)6-4-15)26-23(27-21(19)30)29-13-11-28(12-14-29)18-9-7-17(25)8-10-18/h3-10,19-20H,2,11-14H2,1H3,(H,26,27,30)/t19-,20+/m1/s1. The Hall–Kier alpha value is -2.77. The van der Waals surface area contributed by atoms with Crippen molar-refractivity contribution in [1.29, 1.82) is 0 Å². The van der Waals surface area contributed by atoms with E-state index in [0.29, 0.717) is 29.1 Å². The maximum absolute atomic E-state index is 13.0. The number of benzene rings is 2. The summed E-state index contributed by atoms with van der Waals surface area (Å²) in [5.41, 5.74) is 1.84. The van der Waals surface area contributed by atoms with Crippen molar-refractivity contribution in [3.05, 3.63) is 64.1 Å². The molecule has 0 radical (unpaired) electrons. The summed E-state index contributed by atoms with van der Waals surface area (Å²) < 4.78 is 5.15. The van der Waals surface area contributed by atoms with Gasteiger partial charge in [-0.1, -0.05) is 35.3 Å². The Morgan fingerprint density at radius 1 is 1.00 bits per heavy atom. The number of hydrogen-bond donors (Lipinski definition) is 1. The third-order valence-electron chi connectivity index (χ3n) is 5.62. The number of nitrogens with zero attached hydrogens (tertiary/aromatic N) is 3. The van der Waals surface area contributed by atoms with Crippen LogP contribution < -0.4 is 10.2 Å². The van der Waals surface area contributed by atoms with Crippen LogP contribution >= 0.6 is 23.2 Å². The lowest BCUT2D eigenvalue weighted by atomic mass is 9.91. The van der Waals surface area contributed by atoms with Crippen molar-refractivity contribution in [3.63, 3.8) is 0 Å². The van der Waals surface area contributed by atoms with Crippen molar-refractivity contribution >= 4 is 46.7 Å². The highest BCUT2D eigenvalue weighted by Gasteiger charge is 2.42. The number of esters is 1. The summed E-state index contributed by atoms with van der Waals surface area (Å²) >= 11 is 12.0. The Morgan fingerprint density at radius 2 is 1.56 bits per heavy atom. The summed E-state index contributed by atoms with van der Waals surface area (Å²) in [4.78, 5) is 34.6. The van der Waals surface area contributed by atoms with Crippen molar-refractivity contribution in [2.24, 2.45) is 10.9 Å². The number of nitrogens with one attached hydrogen (secondary N) is 1. The van der Waals surface area contributed by atoms with E-state index in [4.69, 9.17) is 32.9 Å². The Bertz CT molecular complexity index is 1000. The predicted molar refractivity (Wildman–Crippen MR) is 125 cm³/mol. The van der Waals surface area contributed by atoms with E-state index < -0.39 is 23.8 Å². The summed E-state index contributed by atoms with van der Waals surface area (Å²) in [5.74, 6) is -1.56. The Morgan fingerprint density at radius 3 is 2.16 bits per heavy atom. The van der Waals surface area contributed by atoms with Gasteiger partial charge < -0.3 is 14.5 Å². The molecule has 0 spiro atoms. The van der Waals surface area contributed by atoms with Gasteiger partial charge >= 0.3 is 5.97 Å². The minimum absolute atomic E-state index is 0.194. The van der Waals surface area contributed by atoms with Crippen LogP contribution in [0.1, 0.15) is 18.5 Å². The number of piperazine rings is 1. The Balaban J connectivity index is 1.55. The van der Waals surface area contributed by atoms with Crippen LogP contribution in [0.5, 0.6) is 0 Å². The summed E-state index contributed by atoms with van der Waals surface area (Å²) in [6.45, 7) is 4.80. The van der Waals surface area contributed by atoms with Gasteiger partial charge in [0, 0.05) is 41.9 Å². The Labute approximate surface area is 196 Å². The third kappa shape index (κ3) is 4.84. The fourth-order valence-corrected chi connectivity index (χ4v) is 4.21. The van der Waals surface area contributed by atoms with Gasteiger partial charge in [0.2, 0.25) is 11.9 Å². The van der Waals surface area contributed by atoms with Gasteiger partial charge in [-0.2, -0.15) is 0 Å². The lowest BCUT2D eigenvalue weighted by Gasteiger charge is -2.39. The number of aliphatic imine (C=N–C) groups is 1. The molecule has 9 heteroatoms. The van der Waals surface area contributed by atoms with E-state index in [-0.39, 0.29) is 6.61 Å². The van der Waals surface area contributed by atoms with Gasteiger partial charge in [-0.15, -0.1) is 0 Å². The van der Waals surface area contributed by atoms with Crippen molar-refractivity contribution < 1.29 is 14.3 Å². The zero-order valence-corrected chi connectivity index (χ0v) is 19.1. The molecule has 168 valence electrons. The second kappa shape index (κ2) is 9.79. The van der Waals surface area contributed by atoms with Crippen LogP contribution in [-0.2, 0) is 14.3 Å². The zero-order chi connectivity index (χ0) is 22.7. The van der Waals surface area contributed by atoms with Gasteiger partial charge in [-0.25, -0.2) is 4.99 Å². The molecule has 4 rings (SSSR count). The quantitative estimate of drug-likeness (QED) is 0.541. The summed E-state index contributed by atoms with van der Waals surface area (Å²) in [6, 6.07) is 14.1. The van der Waals surface area contributed by atoms with Crippen molar-refractivity contribution in [2.45, 2.75) is 13.0 Å². The molecule has 0 unspecified atom stereocenters. The lowest BCUT2D eigenvalue weighted by molar-refractivity contribution is -0.153. The number of hydrogen-bond acceptors (Lipinski definition) is 6. The normalized spacial score (nSPS) is 21.1. The van der Waals surface area contributed by atoms with Gasteiger partial charge in [-0.3, -0.25) is 14.9 Å². The number of rotatable bonds is 4. The first-order valence-corrected chi connectivity index (χ1v) is 11.3. The van der Waals surface area contributed by atoms with Crippen LogP contribution in [-0.4, -0.2) is 55.5 Å². The molecular formula is C23H24Cl2N4O3. The van der Waals surface area contributed by atoms with Gasteiger partial charge in [-0.05, 0) is 48.9 Å². The molecule has 1 fully saturated rings. The van der Waals surface area contributed by atoms with E-state index in [9.17, 15) is 9.59 Å². The number of carbonyl (C=O) groups is 2. The fourth-order valence-electron chi connectivity index (χ4n) is 3.95. The molecule has 0 aromatic heterocycles. The molecule has 0 aliphatic carbocycles. The van der Waals surface area contributed by atoms with Gasteiger partial charge in [0.05, 0.1) is 6.61 Å². The minimum Gasteiger partial charge on any atom is -0.465 e. The maximum atomic E-state index is 13.0. The molecule has 2 aromatic rings. The molecule has 2 heterocycles. The highest BCUT2D eigenvalue weighted by Crippen LogP contribution is 2.32. The minimum atomic E-state index is -1.05. The van der Waals surface area contributed by atoms with Crippen molar-refractivity contribution in [2.75, 3.05) is 37.7 Å². The molecule has 2 aromatic carbocycles. The van der Waals surface area contributed by atoms with E-state index in [2.05, 4.69) is 10.2 Å². The molecule has 0 saturated carbocycles. The van der Waals surface area contributed by atoms with E-state index in [1.807, 2.05) is 29.2 Å². The number of halogens is 2. The zero-order valence-electron chi connectivity index (χ0n) is 17.6. The van der Waals surface area contributed by atoms with Gasteiger partial charge in [0.1, 0.15) is 6.04 Å². The molecule has 7 nitrogen and oxygen atoms in total. The first-order valence-electron chi connectivity index (χ1n) is 10.5. The van der Waals surface area contributed by atoms with Crippen LogP contribution in [0.2, 0.25) is 10.0 Å². The highest BCUT2D eigenvalue weighted by molar-refractivity contribution is 6.30. The topological polar surface area (TPSA) is 74.2 Å². The first kappa shape index (κ1) is 22.4. The van der Waals surface area contributed by atoms with E-state index >= 15 is 0 Å². The summed E-state index contributed by atoms with van der Waals surface area (Å²) in [7, 11) is 0. The monoisotopic (exact) mass is 474 g/mol. The van der Waals surface area contributed by atoms with Gasteiger partial charge in [0.15, 0.2) is 5.92 Å². The second-order valence-corrected chi connectivity index (χ2v) is 8.49. The maximum Gasteiger partial charge on any atom is 0.321 e. The number of ether oxygens (including phenoxy) is 1. The SMILES string of the molecule is CCOC(=O)[C@H]1C(=O)NC(N2CCN(c3ccc(Cl)cc3)CC2)=N[C@H]1c1ccc(Cl)cc1. The summed E-state index contributed by atoms with van der Waals surface area (Å²) in [5, 5.41) is 4.10. The highest BCUT2D eigenvalue weighted by atomic mass is 35.5. The summed E-state index contributed by atoms with van der Waals surface area (Å²) in [6.07, 6.45) is 0. The molecule has 1 amide bonds. The average Bonchev–Trinajstić information content (AvgIpc) is 2.80. The van der Waals surface area contributed by atoms with E-state index in [1.54, 1.807) is 31.2 Å². The van der Waals surface area contributed by atoms with E-state index in [0.717, 1.165) is 24.3 Å². The largest absolute Gasteiger partial charge is 0.465 e. The average molecular weight is 475 g/mol. The van der Waals surface area contributed by atoms with Crippen LogP contribution in [0.15, 0.2) is 53.5 Å². The smallest absolute Gasteiger partial charge is 0.321 e. The Kier molecular flexibility index (Phi) is 6.86. The second-order valence-electron chi connectivity index (χ2n) is 7.62. The van der Waals surface area contributed by atoms with E-state index in [1.165, 1.54) is 0 Å². The van der Waals surface area contributed by atoms with Crippen LogP contribution in [0.25, 0.3) is 0 Å². The first-order chi connectivity index (χ1) is 15.5. The predicted octanol–water partition coefficient (Wildman–Crippen LogP) is 3.52. The fraction of sp³-hybridized carbons (Fsp3) is 0.348. The van der Waals surface area contributed by atoms with Crippen molar-refractivity contribution in [3.8, 4) is 0 Å². The van der Waals surface area contributed by atoms with Crippen LogP contribution in [0, 0.1) is 5.92 Å². The third-order valence-corrected chi connectivity index (χ3v) is 6.12. The van der Waals surface area contributed by atoms with Crippen molar-refractivity contribution in [1.82, 2.24) is 10.2 Å². The molecule has 1 saturated heterocycles. The van der Waals surface area contributed by atoms with Gasteiger partial charge in [0.25, 0.3) is 0 Å². The molecule has 2 aliphatic heterocycles. The number of guanidine groups is 1.